The second kappa shape index (κ2) is 9.50. The number of rotatable bonds is 9. The van der Waals surface area contributed by atoms with Gasteiger partial charge in [0.1, 0.15) is 0 Å². The standard InChI is InChI=1S/C25H31FN6O2/c1-25(2,15-31(3)4)14-28-23(33)18-13-29-32(22(18)16-6-7-16)24-27-11-10-20(30-24)17-8-9-21(34-5)19(26)12-17/h8-13,16H,6-7,14-15H2,1-5H3,(H,28,33). The lowest BCUT2D eigenvalue weighted by atomic mass is 9.93. The van der Waals surface area contributed by atoms with Crippen LogP contribution in [0.1, 0.15) is 48.7 Å². The molecule has 4 rings (SSSR count). The molecule has 1 amide bonds. The van der Waals surface area contributed by atoms with Gasteiger partial charge in [0.2, 0.25) is 0 Å². The predicted molar refractivity (Wildman–Crippen MR) is 128 cm³/mol. The molecule has 0 aliphatic heterocycles. The van der Waals surface area contributed by atoms with Crippen molar-refractivity contribution in [1.29, 1.82) is 0 Å². The summed E-state index contributed by atoms with van der Waals surface area (Å²) in [5, 5.41) is 7.54. The van der Waals surface area contributed by atoms with Crippen molar-refractivity contribution in [3.63, 3.8) is 0 Å². The summed E-state index contributed by atoms with van der Waals surface area (Å²) in [6.45, 7) is 5.66. The number of methoxy groups -OCH3 is 1. The third-order valence-electron chi connectivity index (χ3n) is 5.77. The van der Waals surface area contributed by atoms with Crippen LogP contribution >= 0.6 is 0 Å². The summed E-state index contributed by atoms with van der Waals surface area (Å²) in [7, 11) is 5.47. The van der Waals surface area contributed by atoms with Gasteiger partial charge in [0, 0.05) is 30.8 Å². The first kappa shape index (κ1) is 23.8. The average Bonchev–Trinajstić information content (AvgIpc) is 3.54. The van der Waals surface area contributed by atoms with Gasteiger partial charge >= 0.3 is 0 Å². The Labute approximate surface area is 199 Å². The summed E-state index contributed by atoms with van der Waals surface area (Å²) >= 11 is 0. The van der Waals surface area contributed by atoms with E-state index in [-0.39, 0.29) is 23.0 Å². The van der Waals surface area contributed by atoms with Crippen LogP contribution in [0, 0.1) is 11.2 Å². The molecule has 1 aliphatic rings. The summed E-state index contributed by atoms with van der Waals surface area (Å²) in [6.07, 6.45) is 5.18. The van der Waals surface area contributed by atoms with Gasteiger partial charge in [-0.1, -0.05) is 13.8 Å². The lowest BCUT2D eigenvalue weighted by Gasteiger charge is -2.28. The fourth-order valence-corrected chi connectivity index (χ4v) is 4.21. The summed E-state index contributed by atoms with van der Waals surface area (Å²) in [5.41, 5.74) is 2.46. The zero-order valence-corrected chi connectivity index (χ0v) is 20.3. The smallest absolute Gasteiger partial charge is 0.254 e. The van der Waals surface area contributed by atoms with Crippen molar-refractivity contribution < 1.29 is 13.9 Å². The fraction of sp³-hybridized carbons (Fsp3) is 0.440. The highest BCUT2D eigenvalue weighted by Crippen LogP contribution is 2.42. The Morgan fingerprint density at radius 2 is 2.06 bits per heavy atom. The SMILES string of the molecule is COc1ccc(-c2ccnc(-n3ncc(C(=O)NCC(C)(C)CN(C)C)c3C3CC3)n2)cc1F. The number of aromatic nitrogens is 4. The number of hydrogen-bond donors (Lipinski definition) is 1. The lowest BCUT2D eigenvalue weighted by Crippen LogP contribution is -2.40. The van der Waals surface area contributed by atoms with Crippen LogP contribution < -0.4 is 10.1 Å². The fourth-order valence-electron chi connectivity index (χ4n) is 4.21. The molecule has 0 spiro atoms. The van der Waals surface area contributed by atoms with E-state index in [4.69, 9.17) is 4.74 Å². The maximum absolute atomic E-state index is 14.2. The third kappa shape index (κ3) is 5.25. The van der Waals surface area contributed by atoms with Crippen molar-refractivity contribution in [2.24, 2.45) is 5.41 Å². The highest BCUT2D eigenvalue weighted by Gasteiger charge is 2.34. The summed E-state index contributed by atoms with van der Waals surface area (Å²) in [5.74, 6) is 0.152. The molecule has 1 N–H and O–H groups in total. The minimum Gasteiger partial charge on any atom is -0.494 e. The molecular formula is C25H31FN6O2. The van der Waals surface area contributed by atoms with E-state index < -0.39 is 5.82 Å². The van der Waals surface area contributed by atoms with Gasteiger partial charge in [-0.2, -0.15) is 5.10 Å². The Hall–Kier alpha value is -3.33. The van der Waals surface area contributed by atoms with Gasteiger partial charge in [0.25, 0.3) is 11.9 Å². The summed E-state index contributed by atoms with van der Waals surface area (Å²) < 4.78 is 20.9. The van der Waals surface area contributed by atoms with Crippen molar-refractivity contribution >= 4 is 5.91 Å². The van der Waals surface area contributed by atoms with Gasteiger partial charge in [0.05, 0.1) is 30.3 Å². The Morgan fingerprint density at radius 3 is 2.71 bits per heavy atom. The normalized spacial score (nSPS) is 13.9. The topological polar surface area (TPSA) is 85.2 Å². The molecule has 1 aliphatic carbocycles. The molecule has 0 saturated heterocycles. The molecule has 0 unspecified atom stereocenters. The van der Waals surface area contributed by atoms with Crippen LogP contribution in [0.25, 0.3) is 17.2 Å². The Morgan fingerprint density at radius 1 is 1.29 bits per heavy atom. The number of nitrogens with one attached hydrogen (secondary N) is 1. The number of amides is 1. The summed E-state index contributed by atoms with van der Waals surface area (Å²) in [4.78, 5) is 24.2. The number of carbonyl (C=O) groups excluding carboxylic acids is 1. The third-order valence-corrected chi connectivity index (χ3v) is 5.77. The van der Waals surface area contributed by atoms with Crippen molar-refractivity contribution in [2.45, 2.75) is 32.6 Å². The van der Waals surface area contributed by atoms with Crippen LogP contribution in [0.5, 0.6) is 5.75 Å². The number of nitrogens with zero attached hydrogens (tertiary/aromatic N) is 5. The van der Waals surface area contributed by atoms with Crippen LogP contribution in [0.15, 0.2) is 36.7 Å². The first-order chi connectivity index (χ1) is 16.2. The molecule has 2 aromatic heterocycles. The van der Waals surface area contributed by atoms with Crippen LogP contribution in [0.4, 0.5) is 4.39 Å². The lowest BCUT2D eigenvalue weighted by molar-refractivity contribution is 0.0928. The van der Waals surface area contributed by atoms with Gasteiger partial charge in [-0.15, -0.1) is 0 Å². The van der Waals surface area contributed by atoms with E-state index in [1.54, 1.807) is 35.3 Å². The monoisotopic (exact) mass is 466 g/mol. The van der Waals surface area contributed by atoms with Crippen molar-refractivity contribution in [3.05, 3.63) is 53.7 Å². The molecule has 1 aromatic carbocycles. The Kier molecular flexibility index (Phi) is 6.65. The molecule has 34 heavy (non-hydrogen) atoms. The zero-order valence-electron chi connectivity index (χ0n) is 20.3. The first-order valence-electron chi connectivity index (χ1n) is 11.4. The highest BCUT2D eigenvalue weighted by molar-refractivity contribution is 5.95. The predicted octanol–water partition coefficient (Wildman–Crippen LogP) is 3.67. The minimum atomic E-state index is -0.464. The van der Waals surface area contributed by atoms with E-state index in [2.05, 4.69) is 39.1 Å². The van der Waals surface area contributed by atoms with Crippen LogP contribution in [-0.2, 0) is 0 Å². The molecule has 1 saturated carbocycles. The van der Waals surface area contributed by atoms with Gasteiger partial charge in [0.15, 0.2) is 11.6 Å². The second-order valence-corrected chi connectivity index (χ2v) is 9.81. The van der Waals surface area contributed by atoms with E-state index in [1.807, 2.05) is 14.1 Å². The van der Waals surface area contributed by atoms with E-state index in [1.165, 1.54) is 13.2 Å². The molecule has 8 nitrogen and oxygen atoms in total. The quantitative estimate of drug-likeness (QED) is 0.518. The molecule has 0 bridgehead atoms. The van der Waals surface area contributed by atoms with Crippen LogP contribution in [-0.4, -0.2) is 64.9 Å². The molecule has 3 aromatic rings. The number of carbonyl (C=O) groups is 1. The van der Waals surface area contributed by atoms with Crippen molar-refractivity contribution in [1.82, 2.24) is 30.0 Å². The second-order valence-electron chi connectivity index (χ2n) is 9.81. The van der Waals surface area contributed by atoms with Gasteiger partial charge in [-0.3, -0.25) is 4.79 Å². The van der Waals surface area contributed by atoms with Gasteiger partial charge < -0.3 is 15.0 Å². The minimum absolute atomic E-state index is 0.0695. The maximum Gasteiger partial charge on any atom is 0.254 e. The van der Waals surface area contributed by atoms with E-state index in [9.17, 15) is 9.18 Å². The number of hydrogen-bond acceptors (Lipinski definition) is 6. The van der Waals surface area contributed by atoms with E-state index in [0.717, 1.165) is 25.1 Å². The first-order valence-corrected chi connectivity index (χ1v) is 11.4. The van der Waals surface area contributed by atoms with Gasteiger partial charge in [-0.05, 0) is 56.6 Å². The Balaban J connectivity index is 1.61. The number of halogens is 1. The Bertz CT molecular complexity index is 1190. The number of benzene rings is 1. The molecular weight excluding hydrogens is 435 g/mol. The van der Waals surface area contributed by atoms with Crippen LogP contribution in [0.3, 0.4) is 0 Å². The highest BCUT2D eigenvalue weighted by atomic mass is 19.1. The molecule has 0 atom stereocenters. The van der Waals surface area contributed by atoms with E-state index >= 15 is 0 Å². The maximum atomic E-state index is 14.2. The van der Waals surface area contributed by atoms with Crippen LogP contribution in [0.2, 0.25) is 0 Å². The molecule has 9 heteroatoms. The average molecular weight is 467 g/mol. The molecule has 1 fully saturated rings. The molecule has 2 heterocycles. The van der Waals surface area contributed by atoms with Crippen molar-refractivity contribution in [3.8, 4) is 23.0 Å². The summed E-state index contributed by atoms with van der Waals surface area (Å²) in [6, 6.07) is 6.40. The largest absolute Gasteiger partial charge is 0.494 e. The van der Waals surface area contributed by atoms with E-state index in [0.29, 0.717) is 29.3 Å². The number of ether oxygens (including phenoxy) is 1. The molecule has 180 valence electrons. The van der Waals surface area contributed by atoms with Crippen molar-refractivity contribution in [2.75, 3.05) is 34.3 Å². The molecule has 0 radical (unpaired) electrons. The van der Waals surface area contributed by atoms with Gasteiger partial charge in [-0.25, -0.2) is 19.0 Å². The zero-order chi connectivity index (χ0) is 24.5.